The fourth-order valence-electron chi connectivity index (χ4n) is 8.13. The summed E-state index contributed by atoms with van der Waals surface area (Å²) in [6.07, 6.45) is 7.62. The first-order valence-electron chi connectivity index (χ1n) is 17.2. The Labute approximate surface area is 278 Å². The van der Waals surface area contributed by atoms with E-state index in [0.29, 0.717) is 19.4 Å². The Kier molecular flexibility index (Phi) is 9.68. The number of piperidine rings is 1. The highest BCUT2D eigenvalue weighted by atomic mass is 16.5. The Morgan fingerprint density at radius 1 is 1.04 bits per heavy atom. The highest BCUT2D eigenvalue weighted by Gasteiger charge is 2.70. The van der Waals surface area contributed by atoms with E-state index < -0.39 is 52.7 Å². The first-order chi connectivity index (χ1) is 22.1. The number of ketones is 1. The molecule has 1 aromatic rings. The number of nitrogens with two attached hydrogens (primary N) is 1. The maximum absolute atomic E-state index is 14.4. The van der Waals surface area contributed by atoms with Gasteiger partial charge in [0.15, 0.2) is 0 Å². The summed E-state index contributed by atoms with van der Waals surface area (Å²) in [6.45, 7) is 10.2. The first-order valence-corrected chi connectivity index (χ1v) is 17.2. The molecule has 47 heavy (non-hydrogen) atoms. The van der Waals surface area contributed by atoms with Gasteiger partial charge in [-0.2, -0.15) is 0 Å². The smallest absolute Gasteiger partial charge is 0.315 e. The molecule has 5 N–H and O–H groups in total. The van der Waals surface area contributed by atoms with Crippen LogP contribution in [0.15, 0.2) is 24.3 Å². The molecule has 0 spiro atoms. The summed E-state index contributed by atoms with van der Waals surface area (Å²) >= 11 is 0. The molecule has 5 rings (SSSR count). The van der Waals surface area contributed by atoms with Crippen LogP contribution in [0, 0.1) is 28.6 Å². The molecule has 11 nitrogen and oxygen atoms in total. The van der Waals surface area contributed by atoms with Gasteiger partial charge in [-0.3, -0.25) is 19.2 Å². The van der Waals surface area contributed by atoms with Gasteiger partial charge in [-0.25, -0.2) is 4.79 Å². The zero-order valence-corrected chi connectivity index (χ0v) is 28.8. The van der Waals surface area contributed by atoms with Crippen molar-refractivity contribution < 1.29 is 28.7 Å². The van der Waals surface area contributed by atoms with Gasteiger partial charge >= 0.3 is 6.03 Å². The van der Waals surface area contributed by atoms with Crippen LogP contribution in [-0.4, -0.2) is 71.8 Å². The zero-order valence-electron chi connectivity index (χ0n) is 28.8. The molecule has 1 saturated heterocycles. The number of hydrogen-bond donors (Lipinski definition) is 4. The summed E-state index contributed by atoms with van der Waals surface area (Å²) in [6, 6.07) is 4.73. The van der Waals surface area contributed by atoms with Gasteiger partial charge in [0.05, 0.1) is 13.2 Å². The number of benzene rings is 1. The summed E-state index contributed by atoms with van der Waals surface area (Å²) in [5.41, 5.74) is 5.10. The number of nitrogens with one attached hydrogen (secondary N) is 3. The summed E-state index contributed by atoms with van der Waals surface area (Å²) in [5.74, 6) is -1.64. The monoisotopic (exact) mass is 651 g/mol. The summed E-state index contributed by atoms with van der Waals surface area (Å²) in [5, 5.41) is 9.11. The number of amides is 5. The molecule has 5 atom stereocenters. The van der Waals surface area contributed by atoms with Crippen LogP contribution in [0.3, 0.4) is 0 Å². The van der Waals surface area contributed by atoms with Gasteiger partial charge in [-0.05, 0) is 72.0 Å². The van der Waals surface area contributed by atoms with E-state index >= 15 is 0 Å². The number of fused-ring (bicyclic) bond motifs is 1. The third kappa shape index (κ3) is 7.59. The predicted molar refractivity (Wildman–Crippen MR) is 177 cm³/mol. The Bertz CT molecular complexity index is 1390. The number of urea groups is 1. The minimum absolute atomic E-state index is 0.0977. The summed E-state index contributed by atoms with van der Waals surface area (Å²) in [7, 11) is 1.64. The van der Waals surface area contributed by atoms with Crippen LogP contribution in [0.4, 0.5) is 4.79 Å². The fraction of sp³-hybridized carbons (Fsp3) is 0.694. The Morgan fingerprint density at radius 2 is 1.72 bits per heavy atom. The topological polar surface area (TPSA) is 160 Å². The third-order valence-corrected chi connectivity index (χ3v) is 11.2. The third-order valence-electron chi connectivity index (χ3n) is 11.2. The normalized spacial score (nSPS) is 25.5. The number of primary amides is 1. The second-order valence-electron chi connectivity index (χ2n) is 16.1. The average molecular weight is 652 g/mol. The van der Waals surface area contributed by atoms with Crippen molar-refractivity contribution in [2.24, 2.45) is 34.3 Å². The molecular weight excluding hydrogens is 598 g/mol. The molecule has 258 valence electrons. The molecule has 3 saturated carbocycles. The van der Waals surface area contributed by atoms with Gasteiger partial charge in [0.1, 0.15) is 17.8 Å². The van der Waals surface area contributed by atoms with E-state index in [4.69, 9.17) is 10.5 Å². The molecule has 3 aliphatic carbocycles. The second kappa shape index (κ2) is 13.1. The van der Waals surface area contributed by atoms with E-state index in [2.05, 4.69) is 29.8 Å². The number of likely N-dealkylation sites (tertiary alicyclic amines) is 1. The minimum atomic E-state index is -1.08. The second-order valence-corrected chi connectivity index (χ2v) is 16.1. The number of Topliss-reactive ketones (excluding diaryl/α,β-unsaturated/α-hetero) is 1. The van der Waals surface area contributed by atoms with E-state index in [0.717, 1.165) is 56.3 Å². The van der Waals surface area contributed by atoms with Crippen LogP contribution in [0.1, 0.15) is 91.5 Å². The van der Waals surface area contributed by atoms with E-state index in [9.17, 15) is 24.0 Å². The highest BCUT2D eigenvalue weighted by Crippen LogP contribution is 2.65. The van der Waals surface area contributed by atoms with Gasteiger partial charge in [-0.1, -0.05) is 78.9 Å². The highest BCUT2D eigenvalue weighted by molar-refractivity contribution is 6.37. The zero-order chi connectivity index (χ0) is 34.3. The lowest BCUT2D eigenvalue weighted by Gasteiger charge is -2.41. The van der Waals surface area contributed by atoms with Gasteiger partial charge in [-0.15, -0.1) is 0 Å². The largest absolute Gasteiger partial charge is 0.497 e. The SMILES string of the molecule is COc1cccc(CC2(NC(=O)N[C@H](C(=O)N3CC4[C@@H]([C@H]3C(=O)NC(CC3CC3)C(=O)C(N)=O)C4(C)C)C(C)(C)C)CCCCC2)c1. The summed E-state index contributed by atoms with van der Waals surface area (Å²) < 4.78 is 5.43. The number of ether oxygens (including phenoxy) is 1. The van der Waals surface area contributed by atoms with Crippen molar-refractivity contribution in [1.82, 2.24) is 20.9 Å². The maximum Gasteiger partial charge on any atom is 0.315 e. The van der Waals surface area contributed by atoms with E-state index in [1.54, 1.807) is 12.0 Å². The van der Waals surface area contributed by atoms with Gasteiger partial charge in [0, 0.05) is 12.1 Å². The molecular formula is C36H53N5O6. The van der Waals surface area contributed by atoms with Crippen LogP contribution in [0.2, 0.25) is 0 Å². The van der Waals surface area contributed by atoms with Crippen molar-refractivity contribution in [2.75, 3.05) is 13.7 Å². The quantitative estimate of drug-likeness (QED) is 0.253. The van der Waals surface area contributed by atoms with Crippen LogP contribution in [-0.2, 0) is 25.6 Å². The lowest BCUT2D eigenvalue weighted by atomic mass is 9.77. The molecule has 2 unspecified atom stereocenters. The van der Waals surface area contributed by atoms with Crippen LogP contribution < -0.4 is 26.4 Å². The Morgan fingerprint density at radius 3 is 2.32 bits per heavy atom. The van der Waals surface area contributed by atoms with E-state index in [-0.39, 0.29) is 29.1 Å². The lowest BCUT2D eigenvalue weighted by Crippen LogP contribution is -2.63. The van der Waals surface area contributed by atoms with Crippen LogP contribution in [0.5, 0.6) is 5.75 Å². The molecule has 4 fully saturated rings. The molecule has 4 aliphatic rings. The van der Waals surface area contributed by atoms with Gasteiger partial charge in [0.2, 0.25) is 17.6 Å². The Hall–Kier alpha value is -3.63. The van der Waals surface area contributed by atoms with E-state index in [1.165, 1.54) is 0 Å². The first kappa shape index (κ1) is 34.7. The van der Waals surface area contributed by atoms with Crippen LogP contribution >= 0.6 is 0 Å². The maximum atomic E-state index is 14.4. The van der Waals surface area contributed by atoms with Crippen molar-refractivity contribution in [1.29, 1.82) is 0 Å². The van der Waals surface area contributed by atoms with E-state index in [1.807, 2.05) is 45.0 Å². The summed E-state index contributed by atoms with van der Waals surface area (Å²) in [4.78, 5) is 68.2. The number of rotatable bonds is 12. The van der Waals surface area contributed by atoms with Gasteiger partial charge in [0.25, 0.3) is 5.91 Å². The van der Waals surface area contributed by atoms with Crippen molar-refractivity contribution in [2.45, 2.75) is 116 Å². The number of carbonyl (C=O) groups excluding carboxylic acids is 5. The number of hydrogen-bond acceptors (Lipinski definition) is 6. The molecule has 1 aromatic carbocycles. The average Bonchev–Trinajstić information content (AvgIpc) is 3.86. The van der Waals surface area contributed by atoms with Crippen molar-refractivity contribution >= 4 is 29.5 Å². The molecule has 1 heterocycles. The van der Waals surface area contributed by atoms with Crippen molar-refractivity contribution in [3.8, 4) is 5.75 Å². The minimum Gasteiger partial charge on any atom is -0.497 e. The van der Waals surface area contributed by atoms with Crippen LogP contribution in [0.25, 0.3) is 0 Å². The lowest BCUT2D eigenvalue weighted by molar-refractivity contribution is -0.145. The number of nitrogens with zero attached hydrogens (tertiary/aromatic N) is 1. The molecule has 5 amide bonds. The number of carbonyl (C=O) groups is 5. The van der Waals surface area contributed by atoms with Gasteiger partial charge < -0.3 is 31.3 Å². The Balaban J connectivity index is 1.33. The molecule has 0 aromatic heterocycles. The standard InChI is InChI=1S/C36H53N5O6/c1-34(2,3)29(39-33(46)40-36(15-8-7-9-16-36)19-22-11-10-12-23(17-22)47-6)32(45)41-20-24-26(35(24,4)5)27(41)31(44)38-25(18-21-13-14-21)28(42)30(37)43/h10-12,17,21,24-27,29H,7-9,13-16,18-20H2,1-6H3,(H2,37,43)(H,38,44)(H2,39,40,46)/t24?,25?,26-,27-,29+/m0/s1. The molecule has 1 aliphatic heterocycles. The van der Waals surface area contributed by atoms with Crippen molar-refractivity contribution in [3.05, 3.63) is 29.8 Å². The fourth-order valence-corrected chi connectivity index (χ4v) is 8.13. The molecule has 0 bridgehead atoms. The number of methoxy groups -OCH3 is 1. The predicted octanol–water partition coefficient (Wildman–Crippen LogP) is 3.48. The molecule has 11 heteroatoms. The molecule has 0 radical (unpaired) electrons. The van der Waals surface area contributed by atoms with Crippen molar-refractivity contribution in [3.63, 3.8) is 0 Å².